The average molecular weight is 657 g/mol. The summed E-state index contributed by atoms with van der Waals surface area (Å²) in [6, 6.07) is 10.8. The topological polar surface area (TPSA) is 64.7 Å². The summed E-state index contributed by atoms with van der Waals surface area (Å²) < 4.78 is 65.0. The lowest BCUT2D eigenvalue weighted by molar-refractivity contribution is 0.0880. The number of carbonyl (C=O) groups excluding carboxylic acids is 1. The second-order valence-electron chi connectivity index (χ2n) is 13.6. The molecule has 2 aromatic heterocycles. The zero-order chi connectivity index (χ0) is 33.2. The Morgan fingerprint density at radius 3 is 1.85 bits per heavy atom. The van der Waals surface area contributed by atoms with Crippen molar-refractivity contribution in [1.82, 2.24) is 0 Å². The van der Waals surface area contributed by atoms with Crippen LogP contribution in [-0.2, 0) is 17.3 Å². The highest BCUT2D eigenvalue weighted by molar-refractivity contribution is 7.16. The third kappa shape index (κ3) is 3.59. The zero-order valence-electron chi connectivity index (χ0n) is 26.1. The van der Waals surface area contributed by atoms with Gasteiger partial charge in [0.05, 0.1) is 5.41 Å². The fraction of sp³-hybridized carbons (Fsp3) is 0.324. The first-order valence-electron chi connectivity index (χ1n) is 15.0. The van der Waals surface area contributed by atoms with E-state index in [2.05, 4.69) is 0 Å². The van der Waals surface area contributed by atoms with E-state index in [4.69, 9.17) is 0 Å². The lowest BCUT2D eigenvalue weighted by Crippen LogP contribution is -2.24. The molecule has 2 aromatic carbocycles. The molecule has 0 spiro atoms. The summed E-state index contributed by atoms with van der Waals surface area (Å²) in [4.78, 5) is 15.1. The van der Waals surface area contributed by atoms with Crippen LogP contribution in [0.5, 0.6) is 0 Å². The van der Waals surface area contributed by atoms with Gasteiger partial charge in [-0.1, -0.05) is 52.0 Å². The minimum absolute atomic E-state index is 0.0399. The highest BCUT2D eigenvalue weighted by Gasteiger charge is 2.52. The molecule has 3 aliphatic carbocycles. The third-order valence-electron chi connectivity index (χ3n) is 10.3. The molecule has 232 valence electrons. The molecule has 0 bridgehead atoms. The summed E-state index contributed by atoms with van der Waals surface area (Å²) >= 11 is 2.20. The summed E-state index contributed by atoms with van der Waals surface area (Å²) in [6.45, 7) is 10.1. The number of carbonyl (C=O) groups is 1. The molecule has 3 aliphatic rings. The Bertz CT molecular complexity index is 2190. The first-order chi connectivity index (χ1) is 21.6. The number of ketones is 1. The van der Waals surface area contributed by atoms with Crippen LogP contribution in [0.15, 0.2) is 29.8 Å². The third-order valence-corrected chi connectivity index (χ3v) is 12.6. The second-order valence-corrected chi connectivity index (χ2v) is 16.0. The van der Waals surface area contributed by atoms with Gasteiger partial charge in [-0.15, -0.1) is 22.7 Å². The molecule has 9 heteroatoms. The molecule has 4 aromatic rings. The number of rotatable bonds is 4. The van der Waals surface area contributed by atoms with Gasteiger partial charge < -0.3 is 0 Å². The molecule has 0 fully saturated rings. The van der Waals surface area contributed by atoms with Crippen LogP contribution in [-0.4, -0.2) is 5.78 Å². The van der Waals surface area contributed by atoms with Crippen LogP contribution in [0.1, 0.15) is 95.4 Å². The highest BCUT2D eigenvalue weighted by atomic mass is 32.1. The number of thiophene rings is 2. The standard InChI is InChI=1S/C37H28F4N2OS2/c1-16-28(38)26-32(45-16)21-24(35(26,2)3)31(41)22-25(30(21)40)36(4,5)27-29(39)20(46-33(22)27)12-9-13-37(6)23(17(14-42)15-43)18-10-7-8-11-19(18)34(37)44/h7-8,10-11H,9,12-13H2,1-6H3. The van der Waals surface area contributed by atoms with Crippen molar-refractivity contribution in [2.24, 2.45) is 5.41 Å². The van der Waals surface area contributed by atoms with Gasteiger partial charge in [0, 0.05) is 74.9 Å². The molecule has 7 rings (SSSR count). The summed E-state index contributed by atoms with van der Waals surface area (Å²) in [7, 11) is 0. The Hall–Kier alpha value is -4.05. The minimum Gasteiger partial charge on any atom is -0.293 e. The van der Waals surface area contributed by atoms with E-state index in [1.54, 1.807) is 65.8 Å². The number of nitrogens with zero attached hydrogens (tertiary/aromatic N) is 2. The molecular formula is C37H28F4N2OS2. The average Bonchev–Trinajstić information content (AvgIpc) is 3.70. The number of aryl methyl sites for hydroxylation is 2. The van der Waals surface area contributed by atoms with Crippen LogP contribution in [0.4, 0.5) is 17.6 Å². The van der Waals surface area contributed by atoms with Crippen LogP contribution in [0.25, 0.3) is 26.5 Å². The van der Waals surface area contributed by atoms with E-state index in [0.29, 0.717) is 48.2 Å². The summed E-state index contributed by atoms with van der Waals surface area (Å²) in [5.41, 5.74) is -1.37. The van der Waals surface area contributed by atoms with Crippen molar-refractivity contribution >= 4 is 34.0 Å². The maximum Gasteiger partial charge on any atom is 0.173 e. The Morgan fingerprint density at radius 1 is 0.761 bits per heavy atom. The van der Waals surface area contributed by atoms with Gasteiger partial charge in [-0.2, -0.15) is 10.5 Å². The second kappa shape index (κ2) is 9.73. The van der Waals surface area contributed by atoms with Crippen molar-refractivity contribution in [3.63, 3.8) is 0 Å². The van der Waals surface area contributed by atoms with Crippen LogP contribution in [0.2, 0.25) is 0 Å². The number of benzene rings is 2. The Kier molecular flexibility index (Phi) is 6.47. The first kappa shape index (κ1) is 30.6. The zero-order valence-corrected chi connectivity index (χ0v) is 27.7. The van der Waals surface area contributed by atoms with Crippen LogP contribution >= 0.6 is 22.7 Å². The van der Waals surface area contributed by atoms with Gasteiger partial charge in [-0.25, -0.2) is 17.6 Å². The molecule has 46 heavy (non-hydrogen) atoms. The predicted molar refractivity (Wildman–Crippen MR) is 172 cm³/mol. The molecule has 0 aliphatic heterocycles. The Morgan fingerprint density at radius 2 is 1.28 bits per heavy atom. The number of hydrogen-bond donors (Lipinski definition) is 0. The first-order valence-corrected chi connectivity index (χ1v) is 16.6. The highest BCUT2D eigenvalue weighted by Crippen LogP contribution is 2.63. The van der Waals surface area contributed by atoms with Crippen LogP contribution in [0.3, 0.4) is 0 Å². The molecule has 1 atom stereocenters. The normalized spacial score (nSPS) is 19.3. The number of hydrogen-bond acceptors (Lipinski definition) is 5. The van der Waals surface area contributed by atoms with Crippen molar-refractivity contribution in [3.05, 3.63) is 96.2 Å². The maximum absolute atomic E-state index is 16.8. The van der Waals surface area contributed by atoms with Crippen molar-refractivity contribution in [3.8, 4) is 33.0 Å². The molecule has 0 N–H and O–H groups in total. The van der Waals surface area contributed by atoms with E-state index in [1.165, 1.54) is 0 Å². The maximum atomic E-state index is 16.8. The molecule has 0 radical (unpaired) electrons. The largest absolute Gasteiger partial charge is 0.293 e. The SMILES string of the molecule is Cc1sc2c(c1F)C(C)(C)c1c(F)c3c(c(F)c1-2)C(C)(C)c1c-3sc(CCCC2(C)C(=O)c3ccccc3C2=C(C#N)C#N)c1F. The number of allylic oxidation sites excluding steroid dienone is 2. The van der Waals surface area contributed by atoms with Gasteiger partial charge in [0.2, 0.25) is 0 Å². The molecule has 0 amide bonds. The lowest BCUT2D eigenvalue weighted by Gasteiger charge is -2.26. The fourth-order valence-electron chi connectivity index (χ4n) is 8.15. The van der Waals surface area contributed by atoms with Gasteiger partial charge in [0.15, 0.2) is 5.78 Å². The monoisotopic (exact) mass is 656 g/mol. The van der Waals surface area contributed by atoms with Crippen LogP contribution < -0.4 is 0 Å². The predicted octanol–water partition coefficient (Wildman–Crippen LogP) is 10.3. The molecule has 2 heterocycles. The number of halogens is 4. The molecule has 1 unspecified atom stereocenters. The molecule has 0 saturated heterocycles. The lowest BCUT2D eigenvalue weighted by atomic mass is 9.75. The molecular weight excluding hydrogens is 629 g/mol. The van der Waals surface area contributed by atoms with Gasteiger partial charge >= 0.3 is 0 Å². The van der Waals surface area contributed by atoms with E-state index in [-0.39, 0.29) is 52.0 Å². The molecule has 3 nitrogen and oxygen atoms in total. The van der Waals surface area contributed by atoms with Crippen molar-refractivity contribution in [2.45, 2.75) is 71.6 Å². The van der Waals surface area contributed by atoms with E-state index in [9.17, 15) is 15.3 Å². The van der Waals surface area contributed by atoms with Gasteiger partial charge in [0.25, 0.3) is 0 Å². The van der Waals surface area contributed by atoms with Gasteiger partial charge in [-0.05, 0) is 38.7 Å². The Labute approximate surface area is 272 Å². The number of nitriles is 2. The smallest absolute Gasteiger partial charge is 0.173 e. The van der Waals surface area contributed by atoms with Gasteiger partial charge in [-0.3, -0.25) is 4.79 Å². The minimum atomic E-state index is -1.19. The van der Waals surface area contributed by atoms with E-state index < -0.39 is 39.5 Å². The van der Waals surface area contributed by atoms with Crippen molar-refractivity contribution in [1.29, 1.82) is 10.5 Å². The Balaban J connectivity index is 1.28. The number of fused-ring (bicyclic) bond motifs is 7. The van der Waals surface area contributed by atoms with Crippen molar-refractivity contribution in [2.75, 3.05) is 0 Å². The fourth-order valence-corrected chi connectivity index (χ4v) is 10.8. The summed E-state index contributed by atoms with van der Waals surface area (Å²) in [5.74, 6) is -2.44. The van der Waals surface area contributed by atoms with E-state index in [1.807, 2.05) is 12.1 Å². The van der Waals surface area contributed by atoms with Crippen molar-refractivity contribution < 1.29 is 22.4 Å². The quantitative estimate of drug-likeness (QED) is 0.162. The van der Waals surface area contributed by atoms with E-state index in [0.717, 1.165) is 22.7 Å². The van der Waals surface area contributed by atoms with Gasteiger partial charge in [0.1, 0.15) is 41.0 Å². The summed E-state index contributed by atoms with van der Waals surface area (Å²) in [5, 5.41) is 19.4. The summed E-state index contributed by atoms with van der Waals surface area (Å²) in [6.07, 6.45) is 0.821. The van der Waals surface area contributed by atoms with Crippen LogP contribution in [0, 0.1) is 58.3 Å². The molecule has 0 saturated carbocycles. The van der Waals surface area contributed by atoms with E-state index >= 15 is 17.6 Å². The number of Topliss-reactive ketones (excluding diaryl/α,β-unsaturated/α-hetero) is 1.